The lowest BCUT2D eigenvalue weighted by Crippen LogP contribution is -2.12. The SMILES string of the molecule is CC(C)(C)c1ccc(S(=O)(=O)Cl)cc1.CCCCS(=O)(=O)Cl.O=S(=O)(Cl)c1cc(C(F)(F)F)cc(C(F)(F)F)c1.O=S(=O)(Cl)c1cccc(Cl)c1.O=S(=O)(Cl)c1ccccc1Cl. The maximum Gasteiger partial charge on any atom is 0.416 e. The molecule has 28 heteroatoms. The monoisotopic (exact) mass is 1120 g/mol. The summed E-state index contributed by atoms with van der Waals surface area (Å²) >= 11 is 11.1. The predicted octanol–water partition coefficient (Wildman–Crippen LogP) is 12.5. The van der Waals surface area contributed by atoms with E-state index in [9.17, 15) is 68.4 Å². The van der Waals surface area contributed by atoms with E-state index in [4.69, 9.17) is 76.6 Å². The number of benzene rings is 4. The zero-order valence-corrected chi connectivity index (χ0v) is 41.2. The van der Waals surface area contributed by atoms with Crippen LogP contribution in [0.1, 0.15) is 57.2 Å². The second kappa shape index (κ2) is 24.1. The van der Waals surface area contributed by atoms with E-state index in [-0.39, 0.29) is 49.1 Å². The van der Waals surface area contributed by atoms with Crippen LogP contribution in [0.3, 0.4) is 0 Å². The molecule has 0 aliphatic heterocycles. The zero-order valence-electron chi connectivity index (χ0n) is 31.8. The van der Waals surface area contributed by atoms with Crippen molar-refractivity contribution in [1.82, 2.24) is 0 Å². The van der Waals surface area contributed by atoms with Gasteiger partial charge in [0, 0.05) is 58.4 Å². The summed E-state index contributed by atoms with van der Waals surface area (Å²) in [5.41, 5.74) is -2.37. The van der Waals surface area contributed by atoms with E-state index < -0.39 is 73.6 Å². The molecular formula is C34H33Cl7F6O10S5. The van der Waals surface area contributed by atoms with Crippen LogP contribution in [0, 0.1) is 0 Å². The summed E-state index contributed by atoms with van der Waals surface area (Å²) in [6.07, 6.45) is -8.70. The molecular weight excluding hydrogens is 1090 g/mol. The van der Waals surface area contributed by atoms with Crippen molar-refractivity contribution in [2.75, 3.05) is 5.75 Å². The van der Waals surface area contributed by atoms with Gasteiger partial charge in [-0.3, -0.25) is 0 Å². The van der Waals surface area contributed by atoms with Crippen molar-refractivity contribution in [3.05, 3.63) is 118 Å². The van der Waals surface area contributed by atoms with Crippen LogP contribution in [-0.2, 0) is 63.0 Å². The first kappa shape index (κ1) is 60.2. The van der Waals surface area contributed by atoms with Crippen LogP contribution >= 0.6 is 76.6 Å². The van der Waals surface area contributed by atoms with E-state index in [2.05, 4.69) is 20.8 Å². The highest BCUT2D eigenvalue weighted by atomic mass is 35.7. The van der Waals surface area contributed by atoms with Crippen LogP contribution in [0.2, 0.25) is 10.0 Å². The van der Waals surface area contributed by atoms with Crippen molar-refractivity contribution in [2.45, 2.75) is 77.9 Å². The lowest BCUT2D eigenvalue weighted by Gasteiger charge is -2.18. The van der Waals surface area contributed by atoms with Gasteiger partial charge >= 0.3 is 12.4 Å². The molecule has 0 aromatic heterocycles. The Morgan fingerprint density at radius 3 is 1.19 bits per heavy atom. The van der Waals surface area contributed by atoms with Gasteiger partial charge < -0.3 is 0 Å². The molecule has 10 nitrogen and oxygen atoms in total. The first-order valence-electron chi connectivity index (χ1n) is 16.2. The third-order valence-corrected chi connectivity index (χ3v) is 14.1. The molecule has 0 bridgehead atoms. The van der Waals surface area contributed by atoms with E-state index in [1.807, 2.05) is 6.92 Å². The summed E-state index contributed by atoms with van der Waals surface area (Å²) in [6.45, 7) is 8.12. The van der Waals surface area contributed by atoms with Crippen LogP contribution in [0.5, 0.6) is 0 Å². The molecule has 0 radical (unpaired) electrons. The van der Waals surface area contributed by atoms with E-state index in [0.29, 0.717) is 11.4 Å². The molecule has 4 rings (SSSR count). The molecule has 0 heterocycles. The predicted molar refractivity (Wildman–Crippen MR) is 231 cm³/mol. The summed E-state index contributed by atoms with van der Waals surface area (Å²) in [5.74, 6) is 0.102. The standard InChI is InChI=1S/C10H13ClO2S.C8H3ClF6O2S.2C6H4Cl2O2S.C4H9ClO2S/c1-10(2,3)8-4-6-9(7-5-8)14(11,12)13;9-18(16,17)6-2-4(7(10,11)12)1-5(3-6)8(13,14)15;7-5-2-1-3-6(4-5)11(8,9)10;7-5-3-1-2-4-6(5)11(8,9)10;1-2-3-4-8(5,6)7/h4-7H,1-3H3;1-3H;2*1-4H;2-4H2,1H3. The van der Waals surface area contributed by atoms with Crippen LogP contribution in [0.4, 0.5) is 26.3 Å². The Morgan fingerprint density at radius 2 is 0.919 bits per heavy atom. The minimum Gasteiger partial charge on any atom is -0.212 e. The molecule has 0 fully saturated rings. The smallest absolute Gasteiger partial charge is 0.212 e. The summed E-state index contributed by atoms with van der Waals surface area (Å²) in [4.78, 5) is -1.14. The number of hydrogen-bond acceptors (Lipinski definition) is 10. The van der Waals surface area contributed by atoms with Crippen molar-refractivity contribution in [3.8, 4) is 0 Å². The lowest BCUT2D eigenvalue weighted by molar-refractivity contribution is -0.143. The number of rotatable bonds is 7. The number of hydrogen-bond donors (Lipinski definition) is 0. The summed E-state index contributed by atoms with van der Waals surface area (Å²) in [5, 5.41) is 0.495. The van der Waals surface area contributed by atoms with Gasteiger partial charge in [-0.2, -0.15) is 26.3 Å². The molecule has 0 amide bonds. The molecule has 0 unspecified atom stereocenters. The van der Waals surface area contributed by atoms with Gasteiger partial charge in [-0.25, -0.2) is 42.1 Å². The fourth-order valence-corrected chi connectivity index (χ4v) is 8.85. The fraction of sp³-hybridized carbons (Fsp3) is 0.294. The van der Waals surface area contributed by atoms with E-state index in [1.165, 1.54) is 42.5 Å². The molecule has 0 N–H and O–H groups in total. The Bertz CT molecular complexity index is 2650. The van der Waals surface area contributed by atoms with Crippen molar-refractivity contribution in [2.24, 2.45) is 0 Å². The first-order valence-corrected chi connectivity index (χ1v) is 28.7. The van der Waals surface area contributed by atoms with Gasteiger partial charge in [0.1, 0.15) is 4.90 Å². The summed E-state index contributed by atoms with van der Waals surface area (Å²) in [6, 6.07) is 18.3. The first-order chi connectivity index (χ1) is 27.6. The normalized spacial score (nSPS) is 12.5. The molecule has 0 aliphatic carbocycles. The topological polar surface area (TPSA) is 171 Å². The van der Waals surface area contributed by atoms with Crippen molar-refractivity contribution in [3.63, 3.8) is 0 Å². The van der Waals surface area contributed by atoms with Crippen LogP contribution in [0.15, 0.2) is 111 Å². The van der Waals surface area contributed by atoms with Crippen LogP contribution in [0.25, 0.3) is 0 Å². The average Bonchev–Trinajstić information content (AvgIpc) is 3.09. The Balaban J connectivity index is 0.000000770. The molecule has 4 aromatic rings. The van der Waals surface area contributed by atoms with Gasteiger partial charge in [0.2, 0.25) is 9.05 Å². The van der Waals surface area contributed by atoms with E-state index in [0.717, 1.165) is 12.0 Å². The Morgan fingerprint density at radius 1 is 0.484 bits per heavy atom. The van der Waals surface area contributed by atoms with Crippen LogP contribution in [-0.4, -0.2) is 47.8 Å². The average molecular weight is 1120 g/mol. The second-order valence-electron chi connectivity index (χ2n) is 12.8. The highest BCUT2D eigenvalue weighted by Gasteiger charge is 2.38. The molecule has 62 heavy (non-hydrogen) atoms. The number of alkyl halides is 6. The molecule has 0 saturated carbocycles. The molecule has 0 saturated heterocycles. The second-order valence-corrected chi connectivity index (χ2v) is 26.7. The maximum absolute atomic E-state index is 12.3. The summed E-state index contributed by atoms with van der Waals surface area (Å²) in [7, 11) is 6.08. The van der Waals surface area contributed by atoms with Gasteiger partial charge in [0.15, 0.2) is 0 Å². The summed E-state index contributed by atoms with van der Waals surface area (Å²) < 4.78 is 181. The number of halogens is 13. The third-order valence-electron chi connectivity index (χ3n) is 6.76. The lowest BCUT2D eigenvalue weighted by atomic mass is 9.87. The van der Waals surface area contributed by atoms with Gasteiger partial charge in [-0.15, -0.1) is 0 Å². The Kier molecular flexibility index (Phi) is 23.5. The molecule has 350 valence electrons. The van der Waals surface area contributed by atoms with Gasteiger partial charge in [0.25, 0.3) is 36.2 Å². The minimum atomic E-state index is -5.11. The van der Waals surface area contributed by atoms with Crippen molar-refractivity contribution in [1.29, 1.82) is 0 Å². The quantitative estimate of drug-likeness (QED) is 0.128. The molecule has 0 aliphatic rings. The zero-order chi connectivity index (χ0) is 48.9. The highest BCUT2D eigenvalue weighted by molar-refractivity contribution is 8.15. The van der Waals surface area contributed by atoms with Crippen molar-refractivity contribution >= 4 is 122 Å². The fourth-order valence-electron chi connectivity index (χ4n) is 3.76. The van der Waals surface area contributed by atoms with Crippen molar-refractivity contribution < 1.29 is 68.4 Å². The Labute approximate surface area is 388 Å². The van der Waals surface area contributed by atoms with Gasteiger partial charge in [0.05, 0.1) is 36.6 Å². The minimum absolute atomic E-state index is 0.0201. The largest absolute Gasteiger partial charge is 0.416 e. The molecule has 0 spiro atoms. The number of unbranched alkanes of at least 4 members (excludes halogenated alkanes) is 1. The maximum atomic E-state index is 12.3. The third kappa shape index (κ3) is 24.5. The van der Waals surface area contributed by atoms with Crippen LogP contribution < -0.4 is 0 Å². The van der Waals surface area contributed by atoms with E-state index >= 15 is 0 Å². The van der Waals surface area contributed by atoms with E-state index in [1.54, 1.807) is 30.3 Å². The highest BCUT2D eigenvalue weighted by Crippen LogP contribution is 2.38. The van der Waals surface area contributed by atoms with Gasteiger partial charge in [-0.05, 0) is 78.1 Å². The molecule has 0 atom stereocenters. The Hall–Kier alpha value is -1.76. The van der Waals surface area contributed by atoms with Gasteiger partial charge in [-0.1, -0.05) is 87.6 Å². The molecule has 4 aromatic carbocycles.